The van der Waals surface area contributed by atoms with Gasteiger partial charge < -0.3 is 19.7 Å². The first-order valence-corrected chi connectivity index (χ1v) is 9.91. The lowest BCUT2D eigenvalue weighted by Gasteiger charge is -2.19. The summed E-state index contributed by atoms with van der Waals surface area (Å²) < 4.78 is 11.1. The van der Waals surface area contributed by atoms with E-state index < -0.39 is 0 Å². The topological polar surface area (TPSA) is 71.8 Å². The van der Waals surface area contributed by atoms with E-state index in [0.29, 0.717) is 22.4 Å². The number of ether oxygens (including phenoxy) is 2. The fraction of sp³-hybridized carbons (Fsp3) is 0.240. The SMILES string of the molecule is CCc1cc2c(-c3c(C)cc(O)c4c(OC)cccc34)c(O)cc(OC)c2c(C)n1. The van der Waals surface area contributed by atoms with E-state index in [9.17, 15) is 10.2 Å². The van der Waals surface area contributed by atoms with Crippen molar-refractivity contribution in [2.45, 2.75) is 27.2 Å². The Labute approximate surface area is 175 Å². The molecule has 0 saturated heterocycles. The second-order valence-electron chi connectivity index (χ2n) is 7.42. The van der Waals surface area contributed by atoms with E-state index in [1.165, 1.54) is 0 Å². The molecular weight excluding hydrogens is 378 g/mol. The molecule has 0 unspecified atom stereocenters. The summed E-state index contributed by atoms with van der Waals surface area (Å²) in [7, 11) is 3.17. The van der Waals surface area contributed by atoms with Gasteiger partial charge >= 0.3 is 0 Å². The van der Waals surface area contributed by atoms with Crippen LogP contribution in [-0.4, -0.2) is 29.4 Å². The minimum Gasteiger partial charge on any atom is -0.507 e. The Kier molecular flexibility index (Phi) is 4.90. The van der Waals surface area contributed by atoms with E-state index in [4.69, 9.17) is 14.5 Å². The molecule has 3 aromatic carbocycles. The van der Waals surface area contributed by atoms with E-state index >= 15 is 0 Å². The van der Waals surface area contributed by atoms with Crippen molar-refractivity contribution in [2.24, 2.45) is 0 Å². The van der Waals surface area contributed by atoms with Crippen molar-refractivity contribution in [3.05, 3.63) is 53.3 Å². The number of aryl methyl sites for hydroxylation is 3. The largest absolute Gasteiger partial charge is 0.507 e. The van der Waals surface area contributed by atoms with E-state index in [-0.39, 0.29) is 11.5 Å². The Morgan fingerprint density at radius 3 is 2.23 bits per heavy atom. The van der Waals surface area contributed by atoms with Gasteiger partial charge in [-0.1, -0.05) is 19.1 Å². The second kappa shape index (κ2) is 7.41. The molecule has 4 rings (SSSR count). The van der Waals surface area contributed by atoms with E-state index in [1.807, 2.05) is 38.1 Å². The van der Waals surface area contributed by atoms with Crippen molar-refractivity contribution in [1.29, 1.82) is 0 Å². The monoisotopic (exact) mass is 403 g/mol. The minimum atomic E-state index is 0.116. The smallest absolute Gasteiger partial charge is 0.132 e. The minimum absolute atomic E-state index is 0.116. The highest BCUT2D eigenvalue weighted by atomic mass is 16.5. The number of methoxy groups -OCH3 is 2. The van der Waals surface area contributed by atoms with Crippen molar-refractivity contribution in [3.8, 4) is 34.1 Å². The molecule has 0 saturated carbocycles. The van der Waals surface area contributed by atoms with Crippen LogP contribution in [0.25, 0.3) is 32.7 Å². The number of hydrogen-bond acceptors (Lipinski definition) is 5. The fourth-order valence-electron chi connectivity index (χ4n) is 4.32. The number of phenols is 2. The average Bonchev–Trinajstić information content (AvgIpc) is 2.73. The van der Waals surface area contributed by atoms with Crippen molar-refractivity contribution in [3.63, 3.8) is 0 Å². The van der Waals surface area contributed by atoms with Crippen molar-refractivity contribution in [2.75, 3.05) is 14.2 Å². The zero-order valence-corrected chi connectivity index (χ0v) is 17.8. The molecule has 30 heavy (non-hydrogen) atoms. The molecule has 5 nitrogen and oxygen atoms in total. The third-order valence-electron chi connectivity index (χ3n) is 5.64. The predicted molar refractivity (Wildman–Crippen MR) is 120 cm³/mol. The maximum Gasteiger partial charge on any atom is 0.132 e. The quantitative estimate of drug-likeness (QED) is 0.460. The number of benzene rings is 3. The maximum atomic E-state index is 11.1. The molecule has 0 atom stereocenters. The molecule has 154 valence electrons. The number of nitrogens with zero attached hydrogens (tertiary/aromatic N) is 1. The van der Waals surface area contributed by atoms with Gasteiger partial charge in [-0.15, -0.1) is 0 Å². The Morgan fingerprint density at radius 2 is 1.57 bits per heavy atom. The number of aromatic nitrogens is 1. The molecule has 4 aromatic rings. The van der Waals surface area contributed by atoms with Gasteiger partial charge in [0, 0.05) is 33.8 Å². The Morgan fingerprint density at radius 1 is 0.833 bits per heavy atom. The molecule has 0 aliphatic rings. The van der Waals surface area contributed by atoms with Crippen molar-refractivity contribution >= 4 is 21.5 Å². The maximum absolute atomic E-state index is 11.1. The van der Waals surface area contributed by atoms with Crippen LogP contribution in [0.1, 0.15) is 23.9 Å². The lowest BCUT2D eigenvalue weighted by atomic mass is 9.88. The van der Waals surface area contributed by atoms with Crippen LogP contribution in [0.4, 0.5) is 0 Å². The molecule has 1 heterocycles. The van der Waals surface area contributed by atoms with Crippen LogP contribution in [-0.2, 0) is 6.42 Å². The summed E-state index contributed by atoms with van der Waals surface area (Å²) in [5.41, 5.74) is 4.18. The summed E-state index contributed by atoms with van der Waals surface area (Å²) in [4.78, 5) is 4.70. The standard InChI is InChI=1S/C25H25NO4/c1-6-15-11-17-23(14(3)26-15)21(30-5)12-19(28)25(17)22-13(2)10-18(27)24-16(22)8-7-9-20(24)29-4/h7-12,27-28H,6H2,1-5H3. The first-order chi connectivity index (χ1) is 14.4. The van der Waals surface area contributed by atoms with Gasteiger partial charge in [-0.2, -0.15) is 0 Å². The molecule has 1 aromatic heterocycles. The molecule has 0 amide bonds. The third kappa shape index (κ3) is 2.89. The lowest BCUT2D eigenvalue weighted by molar-refractivity contribution is 0.413. The Bertz CT molecular complexity index is 1290. The highest BCUT2D eigenvalue weighted by Crippen LogP contribution is 2.48. The summed E-state index contributed by atoms with van der Waals surface area (Å²) in [5, 5.41) is 24.9. The third-order valence-corrected chi connectivity index (χ3v) is 5.64. The predicted octanol–water partition coefficient (Wildman–Crippen LogP) is 5.66. The highest BCUT2D eigenvalue weighted by Gasteiger charge is 2.22. The number of phenolic OH excluding ortho intramolecular Hbond substituents is 2. The summed E-state index contributed by atoms with van der Waals surface area (Å²) in [6.07, 6.45) is 0.775. The van der Waals surface area contributed by atoms with Crippen LogP contribution < -0.4 is 9.47 Å². The number of rotatable bonds is 4. The van der Waals surface area contributed by atoms with Gasteiger partial charge in [-0.05, 0) is 55.0 Å². The Balaban J connectivity index is 2.25. The normalized spacial score (nSPS) is 11.2. The van der Waals surface area contributed by atoms with Gasteiger partial charge in [-0.25, -0.2) is 0 Å². The van der Waals surface area contributed by atoms with Crippen LogP contribution in [0.5, 0.6) is 23.0 Å². The number of aromatic hydroxyl groups is 2. The molecule has 0 radical (unpaired) electrons. The van der Waals surface area contributed by atoms with Crippen LogP contribution in [0, 0.1) is 13.8 Å². The van der Waals surface area contributed by atoms with Gasteiger partial charge in [0.15, 0.2) is 0 Å². The van der Waals surface area contributed by atoms with Gasteiger partial charge in [0.1, 0.15) is 23.0 Å². The fourth-order valence-corrected chi connectivity index (χ4v) is 4.32. The van der Waals surface area contributed by atoms with Crippen LogP contribution in [0.2, 0.25) is 0 Å². The van der Waals surface area contributed by atoms with Gasteiger partial charge in [0.2, 0.25) is 0 Å². The van der Waals surface area contributed by atoms with E-state index in [0.717, 1.165) is 45.1 Å². The first-order valence-electron chi connectivity index (χ1n) is 9.91. The van der Waals surface area contributed by atoms with Crippen molar-refractivity contribution < 1.29 is 19.7 Å². The number of fused-ring (bicyclic) bond motifs is 2. The summed E-state index contributed by atoms with van der Waals surface area (Å²) in [6.45, 7) is 5.94. The molecule has 0 bridgehead atoms. The van der Waals surface area contributed by atoms with Crippen molar-refractivity contribution in [1.82, 2.24) is 4.98 Å². The van der Waals surface area contributed by atoms with Gasteiger partial charge in [0.25, 0.3) is 0 Å². The van der Waals surface area contributed by atoms with Gasteiger partial charge in [-0.3, -0.25) is 4.98 Å². The summed E-state index contributed by atoms with van der Waals surface area (Å²) in [6, 6.07) is 11.0. The molecule has 0 aliphatic carbocycles. The van der Waals surface area contributed by atoms with E-state index in [2.05, 4.69) is 6.92 Å². The Hall–Kier alpha value is -3.47. The van der Waals surface area contributed by atoms with Crippen LogP contribution in [0.15, 0.2) is 36.4 Å². The lowest BCUT2D eigenvalue weighted by Crippen LogP contribution is -1.98. The zero-order chi connectivity index (χ0) is 21.6. The van der Waals surface area contributed by atoms with E-state index in [1.54, 1.807) is 26.4 Å². The molecular formula is C25H25NO4. The number of pyridine rings is 1. The molecule has 0 aliphatic heterocycles. The summed E-state index contributed by atoms with van der Waals surface area (Å²) in [5.74, 6) is 1.42. The highest BCUT2D eigenvalue weighted by molar-refractivity contribution is 6.13. The number of hydrogen-bond donors (Lipinski definition) is 2. The molecule has 0 fully saturated rings. The first kappa shape index (κ1) is 19.8. The van der Waals surface area contributed by atoms with Crippen LogP contribution in [0.3, 0.4) is 0 Å². The van der Waals surface area contributed by atoms with Gasteiger partial charge in [0.05, 0.1) is 19.6 Å². The summed E-state index contributed by atoms with van der Waals surface area (Å²) >= 11 is 0. The zero-order valence-electron chi connectivity index (χ0n) is 17.8. The molecule has 5 heteroatoms. The molecule has 0 spiro atoms. The second-order valence-corrected chi connectivity index (χ2v) is 7.42. The molecule has 2 N–H and O–H groups in total. The average molecular weight is 403 g/mol. The van der Waals surface area contributed by atoms with Crippen LogP contribution >= 0.6 is 0 Å².